The van der Waals surface area contributed by atoms with Gasteiger partial charge in [-0.1, -0.05) is 0 Å². The summed E-state index contributed by atoms with van der Waals surface area (Å²) >= 11 is 0. The summed E-state index contributed by atoms with van der Waals surface area (Å²) in [5.41, 5.74) is 1.24. The number of ether oxygens (including phenoxy) is 1. The van der Waals surface area contributed by atoms with Crippen LogP contribution in [0.2, 0.25) is 0 Å². The molecule has 0 aromatic heterocycles. The average Bonchev–Trinajstić information content (AvgIpc) is 2.78. The van der Waals surface area contributed by atoms with Gasteiger partial charge in [-0.2, -0.15) is 0 Å². The Balaban J connectivity index is 1.71. The second-order valence-electron chi connectivity index (χ2n) is 9.73. The zero-order valence-electron chi connectivity index (χ0n) is 19.9. The highest BCUT2D eigenvalue weighted by molar-refractivity contribution is 6.22. The number of aromatic hydroxyl groups is 1. The van der Waals surface area contributed by atoms with E-state index in [0.29, 0.717) is 13.2 Å². The lowest BCUT2D eigenvalue weighted by molar-refractivity contribution is -0.147. The fraction of sp³-hybridized carbons (Fsp3) is 0.480. The largest absolute Gasteiger partial charge is 0.508 e. The minimum atomic E-state index is -2.65. The first kappa shape index (κ1) is 25.8. The van der Waals surface area contributed by atoms with Crippen LogP contribution in [0.4, 0.5) is 4.39 Å². The Kier molecular flexibility index (Phi) is 6.67. The van der Waals surface area contributed by atoms with Gasteiger partial charge in [-0.15, -0.1) is 0 Å². The fourth-order valence-corrected chi connectivity index (χ4v) is 5.44. The number of fused-ring (bicyclic) bond motifs is 3. The second kappa shape index (κ2) is 9.30. The topological polar surface area (TPSA) is 179 Å². The first-order valence-corrected chi connectivity index (χ1v) is 11.7. The fourth-order valence-electron chi connectivity index (χ4n) is 5.44. The van der Waals surface area contributed by atoms with Crippen LogP contribution in [0, 0.1) is 17.7 Å². The molecular formula is C25H29FN2O8. The number of carbonyl (C=O) groups excluding carboxylic acids is 3. The molecule has 1 aromatic rings. The number of Topliss-reactive ketones (excluding diaryl/α,β-unsaturated/α-hetero) is 2. The molecule has 0 bridgehead atoms. The van der Waals surface area contributed by atoms with E-state index < -0.39 is 70.0 Å². The van der Waals surface area contributed by atoms with Crippen LogP contribution in [0.5, 0.6) is 5.75 Å². The Labute approximate surface area is 206 Å². The van der Waals surface area contributed by atoms with Gasteiger partial charge in [0.2, 0.25) is 5.78 Å². The van der Waals surface area contributed by atoms with E-state index in [0.717, 1.165) is 6.07 Å². The molecule has 3 aliphatic rings. The number of aliphatic hydroxyl groups excluding tert-OH is 2. The number of hydrogen-bond acceptors (Lipinski definition) is 9. The highest BCUT2D eigenvalue weighted by Gasteiger charge is 2.60. The molecule has 1 amide bonds. The maximum atomic E-state index is 15.5. The Hall–Kier alpha value is -3.28. The third-order valence-corrected chi connectivity index (χ3v) is 7.12. The van der Waals surface area contributed by atoms with E-state index in [9.17, 15) is 34.8 Å². The third kappa shape index (κ3) is 3.97. The predicted octanol–water partition coefficient (Wildman–Crippen LogP) is 1.08. The van der Waals surface area contributed by atoms with Gasteiger partial charge < -0.3 is 36.2 Å². The molecule has 4 rings (SSSR count). The summed E-state index contributed by atoms with van der Waals surface area (Å²) in [5, 5.41) is 46.4. The molecule has 36 heavy (non-hydrogen) atoms. The van der Waals surface area contributed by atoms with Gasteiger partial charge in [0.15, 0.2) is 11.4 Å². The van der Waals surface area contributed by atoms with Crippen molar-refractivity contribution in [2.24, 2.45) is 17.6 Å². The van der Waals surface area contributed by atoms with Crippen molar-refractivity contribution in [3.8, 4) is 5.75 Å². The van der Waals surface area contributed by atoms with Gasteiger partial charge in [0, 0.05) is 42.1 Å². The van der Waals surface area contributed by atoms with Crippen LogP contribution in [0.3, 0.4) is 0 Å². The first-order valence-electron chi connectivity index (χ1n) is 11.7. The van der Waals surface area contributed by atoms with Gasteiger partial charge in [0.25, 0.3) is 5.91 Å². The number of halogens is 1. The molecule has 7 N–H and O–H groups in total. The zero-order valence-corrected chi connectivity index (χ0v) is 19.9. The molecule has 3 aliphatic carbocycles. The van der Waals surface area contributed by atoms with E-state index in [2.05, 4.69) is 5.32 Å². The first-order chi connectivity index (χ1) is 16.9. The van der Waals surface area contributed by atoms with Gasteiger partial charge in [0.05, 0.1) is 18.3 Å². The highest BCUT2D eigenvalue weighted by atomic mass is 19.1. The molecular weight excluding hydrogens is 475 g/mol. The summed E-state index contributed by atoms with van der Waals surface area (Å²) in [6.07, 6.45) is -0.524. The number of primary amides is 1. The number of carbonyl (C=O) groups is 3. The Bertz CT molecular complexity index is 1220. The van der Waals surface area contributed by atoms with Crippen molar-refractivity contribution >= 4 is 23.2 Å². The summed E-state index contributed by atoms with van der Waals surface area (Å²) in [6.45, 7) is 4.73. The Morgan fingerprint density at radius 3 is 2.61 bits per heavy atom. The summed E-state index contributed by atoms with van der Waals surface area (Å²) in [4.78, 5) is 37.5. The molecule has 0 radical (unpaired) electrons. The van der Waals surface area contributed by atoms with Crippen LogP contribution >= 0.6 is 0 Å². The van der Waals surface area contributed by atoms with Crippen LogP contribution in [-0.2, 0) is 32.1 Å². The average molecular weight is 505 g/mol. The standard InChI is InChI=1S/C25H29FN2O8/c1-10(2)36-4-3-28-9-12-7-15(29)18-14(20(12)26)6-11-5-13-8-16(30)19(24(27)34)23(33)25(13,35)22(32)17(11)21(18)31/h7,10-11,13,28-29,31,33,35H,3-6,8-9H2,1-2H3,(H2,27,34)/t11?,13-,25-/m0/s1. The molecule has 1 saturated carbocycles. The number of nitrogens with one attached hydrogen (secondary N) is 1. The summed E-state index contributed by atoms with van der Waals surface area (Å²) < 4.78 is 20.9. The van der Waals surface area contributed by atoms with E-state index in [1.165, 1.54) is 0 Å². The predicted molar refractivity (Wildman–Crippen MR) is 124 cm³/mol. The molecule has 3 atom stereocenters. The van der Waals surface area contributed by atoms with E-state index in [1.807, 2.05) is 13.8 Å². The van der Waals surface area contributed by atoms with Crippen LogP contribution in [0.1, 0.15) is 43.4 Å². The molecule has 0 saturated heterocycles. The van der Waals surface area contributed by atoms with E-state index in [4.69, 9.17) is 10.5 Å². The van der Waals surface area contributed by atoms with Crippen LogP contribution in [0.25, 0.3) is 5.76 Å². The monoisotopic (exact) mass is 504 g/mol. The molecule has 0 spiro atoms. The van der Waals surface area contributed by atoms with Crippen LogP contribution in [0.15, 0.2) is 23.0 Å². The minimum absolute atomic E-state index is 0.00875. The van der Waals surface area contributed by atoms with E-state index >= 15 is 4.39 Å². The van der Waals surface area contributed by atoms with Crippen molar-refractivity contribution in [1.82, 2.24) is 5.32 Å². The van der Waals surface area contributed by atoms with E-state index in [-0.39, 0.29) is 47.8 Å². The lowest BCUT2D eigenvalue weighted by Gasteiger charge is -2.46. The number of phenolic OH excluding ortho intramolecular Hbond substituents is 1. The van der Waals surface area contributed by atoms with Crippen molar-refractivity contribution < 1.29 is 43.9 Å². The number of phenols is 1. The van der Waals surface area contributed by atoms with Crippen molar-refractivity contribution in [2.45, 2.75) is 51.4 Å². The maximum Gasteiger partial charge on any atom is 0.255 e. The number of rotatable bonds is 7. The van der Waals surface area contributed by atoms with Gasteiger partial charge >= 0.3 is 0 Å². The number of ketones is 2. The maximum absolute atomic E-state index is 15.5. The van der Waals surface area contributed by atoms with Crippen molar-refractivity contribution in [3.05, 3.63) is 45.5 Å². The Morgan fingerprint density at radius 1 is 1.28 bits per heavy atom. The van der Waals surface area contributed by atoms with E-state index in [1.54, 1.807) is 0 Å². The number of benzene rings is 1. The summed E-state index contributed by atoms with van der Waals surface area (Å²) in [7, 11) is 0. The van der Waals surface area contributed by atoms with Crippen molar-refractivity contribution in [1.29, 1.82) is 0 Å². The van der Waals surface area contributed by atoms with Crippen LogP contribution < -0.4 is 11.1 Å². The molecule has 0 heterocycles. The van der Waals surface area contributed by atoms with Gasteiger partial charge in [-0.05, 0) is 38.7 Å². The van der Waals surface area contributed by atoms with Crippen molar-refractivity contribution in [2.75, 3.05) is 13.2 Å². The molecule has 194 valence electrons. The molecule has 1 fully saturated rings. The Morgan fingerprint density at radius 2 is 1.97 bits per heavy atom. The minimum Gasteiger partial charge on any atom is -0.508 e. The lowest BCUT2D eigenvalue weighted by Crippen LogP contribution is -2.58. The number of aliphatic hydroxyl groups is 3. The molecule has 0 aliphatic heterocycles. The highest BCUT2D eigenvalue weighted by Crippen LogP contribution is 2.52. The van der Waals surface area contributed by atoms with Crippen LogP contribution in [-0.4, -0.2) is 62.8 Å². The normalized spacial score (nSPS) is 25.7. The van der Waals surface area contributed by atoms with Gasteiger partial charge in [0.1, 0.15) is 28.7 Å². The van der Waals surface area contributed by atoms with Crippen molar-refractivity contribution in [3.63, 3.8) is 0 Å². The molecule has 11 heteroatoms. The lowest BCUT2D eigenvalue weighted by atomic mass is 9.59. The zero-order chi connectivity index (χ0) is 26.5. The molecule has 1 unspecified atom stereocenters. The number of nitrogens with two attached hydrogens (primary N) is 1. The smallest absolute Gasteiger partial charge is 0.255 e. The summed E-state index contributed by atoms with van der Waals surface area (Å²) in [6, 6.07) is 1.15. The third-order valence-electron chi connectivity index (χ3n) is 7.12. The quantitative estimate of drug-likeness (QED) is 0.234. The summed E-state index contributed by atoms with van der Waals surface area (Å²) in [5.74, 6) is -8.09. The number of amides is 1. The van der Waals surface area contributed by atoms with Gasteiger partial charge in [-0.3, -0.25) is 14.4 Å². The molecule has 1 aromatic carbocycles. The molecule has 10 nitrogen and oxygen atoms in total. The SMILES string of the molecule is CC(C)OCCNCc1cc(O)c2c(c1F)CC1C[C@H]3CC(=O)C(C(N)=O)=C(O)[C@@]3(O)C(=O)C1=C2O. The second-order valence-corrected chi connectivity index (χ2v) is 9.73. The number of hydrogen-bond donors (Lipinski definition) is 6. The van der Waals surface area contributed by atoms with Gasteiger partial charge in [-0.25, -0.2) is 4.39 Å².